The first-order valence-corrected chi connectivity index (χ1v) is 7.62. The van der Waals surface area contributed by atoms with Crippen LogP contribution in [0.25, 0.3) is 0 Å². The lowest BCUT2D eigenvalue weighted by Crippen LogP contribution is -2.42. The average molecular weight is 359 g/mol. The summed E-state index contributed by atoms with van der Waals surface area (Å²) in [5.74, 6) is -4.08. The van der Waals surface area contributed by atoms with Gasteiger partial charge in [-0.2, -0.15) is 0 Å². The number of aliphatic imine (C=N–C) groups is 1. The fourth-order valence-corrected chi connectivity index (χ4v) is 2.09. The Morgan fingerprint density at radius 2 is 2.00 bits per heavy atom. The Morgan fingerprint density at radius 1 is 1.32 bits per heavy atom. The number of nitrogens with zero attached hydrogens (tertiary/aromatic N) is 1. The number of rotatable bonds is 10. The van der Waals surface area contributed by atoms with E-state index in [1.807, 2.05) is 0 Å². The number of nitrogens with two attached hydrogens (primary N) is 1. The second-order valence-electron chi connectivity index (χ2n) is 5.35. The van der Waals surface area contributed by atoms with E-state index < -0.39 is 60.7 Å². The molecule has 0 aromatic heterocycles. The summed E-state index contributed by atoms with van der Waals surface area (Å²) >= 11 is 0. The van der Waals surface area contributed by atoms with Crippen LogP contribution in [0.4, 0.5) is 0 Å². The molecule has 25 heavy (non-hydrogen) atoms. The molecule has 140 valence electrons. The standard InChI is InChI=1S/C14H21N3O8/c15-4-2-1-3-7(13(22)23)17-9(20)5-16-10-11(21)12(8(19)6-18)25-14(10)24/h7-8,12,18-19H,1-6,15H2,(H,17,20)(H,22,23). The Bertz CT molecular complexity index is 562. The molecule has 0 aromatic rings. The third-order valence-corrected chi connectivity index (χ3v) is 3.42. The summed E-state index contributed by atoms with van der Waals surface area (Å²) in [7, 11) is 0. The number of hydrogen-bond acceptors (Lipinski definition) is 9. The van der Waals surface area contributed by atoms with Crippen LogP contribution >= 0.6 is 0 Å². The van der Waals surface area contributed by atoms with Gasteiger partial charge in [0.25, 0.3) is 0 Å². The Kier molecular flexibility index (Phi) is 8.11. The molecule has 1 aliphatic rings. The number of ketones is 1. The number of amides is 1. The number of carboxylic acids is 1. The fourth-order valence-electron chi connectivity index (χ4n) is 2.09. The highest BCUT2D eigenvalue weighted by Crippen LogP contribution is 2.12. The van der Waals surface area contributed by atoms with Crippen LogP contribution in [0.2, 0.25) is 0 Å². The topological polar surface area (TPSA) is 189 Å². The molecule has 1 fully saturated rings. The van der Waals surface area contributed by atoms with E-state index >= 15 is 0 Å². The molecule has 0 aromatic carbocycles. The first-order valence-electron chi connectivity index (χ1n) is 7.62. The SMILES string of the molecule is NCCCCC(NC(=O)CN=C1C(=O)OC(C(O)CO)C1=O)C(=O)O. The molecule has 11 heteroatoms. The number of aliphatic carboxylic acids is 1. The van der Waals surface area contributed by atoms with Crippen LogP contribution in [0.3, 0.4) is 0 Å². The monoisotopic (exact) mass is 359 g/mol. The van der Waals surface area contributed by atoms with Crippen molar-refractivity contribution < 1.29 is 39.2 Å². The van der Waals surface area contributed by atoms with Crippen LogP contribution in [-0.4, -0.2) is 82.6 Å². The quantitative estimate of drug-likeness (QED) is 0.199. The van der Waals surface area contributed by atoms with Crippen LogP contribution in [0, 0.1) is 0 Å². The molecule has 1 rings (SSSR count). The number of Topliss-reactive ketones (excluding diaryl/α,β-unsaturated/α-hetero) is 1. The van der Waals surface area contributed by atoms with Gasteiger partial charge in [-0.25, -0.2) is 9.59 Å². The number of carboxylic acid groups (broad SMARTS) is 1. The van der Waals surface area contributed by atoms with Gasteiger partial charge in [-0.1, -0.05) is 0 Å². The van der Waals surface area contributed by atoms with Gasteiger partial charge in [-0.3, -0.25) is 14.6 Å². The zero-order valence-corrected chi connectivity index (χ0v) is 13.4. The predicted octanol–water partition coefficient (Wildman–Crippen LogP) is -3.03. The van der Waals surface area contributed by atoms with Crippen LogP contribution in [-0.2, 0) is 23.9 Å². The summed E-state index contributed by atoms with van der Waals surface area (Å²) in [5, 5.41) is 29.4. The van der Waals surface area contributed by atoms with Gasteiger partial charge in [0, 0.05) is 0 Å². The molecular weight excluding hydrogens is 338 g/mol. The number of cyclic esters (lactones) is 1. The van der Waals surface area contributed by atoms with Crippen molar-refractivity contribution in [2.24, 2.45) is 10.7 Å². The second kappa shape index (κ2) is 9.81. The van der Waals surface area contributed by atoms with Crippen molar-refractivity contribution in [2.45, 2.75) is 37.5 Å². The van der Waals surface area contributed by atoms with E-state index in [0.29, 0.717) is 19.4 Å². The van der Waals surface area contributed by atoms with Gasteiger partial charge in [-0.05, 0) is 25.8 Å². The highest BCUT2D eigenvalue weighted by atomic mass is 16.6. The molecule has 3 atom stereocenters. The first-order chi connectivity index (χ1) is 11.8. The van der Waals surface area contributed by atoms with Crippen LogP contribution in [0.1, 0.15) is 19.3 Å². The van der Waals surface area contributed by atoms with Crippen LogP contribution < -0.4 is 11.1 Å². The van der Waals surface area contributed by atoms with E-state index in [-0.39, 0.29) is 6.42 Å². The number of carbonyl (C=O) groups excluding carboxylic acids is 3. The maximum atomic E-state index is 11.8. The third kappa shape index (κ3) is 5.89. The summed E-state index contributed by atoms with van der Waals surface area (Å²) in [4.78, 5) is 49.8. The summed E-state index contributed by atoms with van der Waals surface area (Å²) in [5.41, 5.74) is 4.65. The number of esters is 1. The number of unbranched alkanes of at least 4 members (excludes halogenated alkanes) is 1. The van der Waals surface area contributed by atoms with Gasteiger partial charge in [0.15, 0.2) is 11.8 Å². The molecule has 3 unspecified atom stereocenters. The van der Waals surface area contributed by atoms with Crippen molar-refractivity contribution in [3.05, 3.63) is 0 Å². The Labute approximate surface area is 142 Å². The fraction of sp³-hybridized carbons (Fsp3) is 0.643. The lowest BCUT2D eigenvalue weighted by molar-refractivity contribution is -0.147. The minimum Gasteiger partial charge on any atom is -0.480 e. The molecule has 0 spiro atoms. The number of hydrogen-bond donors (Lipinski definition) is 5. The van der Waals surface area contributed by atoms with Crippen molar-refractivity contribution in [1.29, 1.82) is 0 Å². The normalized spacial score (nSPS) is 21.1. The maximum Gasteiger partial charge on any atom is 0.361 e. The van der Waals surface area contributed by atoms with Crippen molar-refractivity contribution in [2.75, 3.05) is 19.7 Å². The van der Waals surface area contributed by atoms with Gasteiger partial charge in [-0.15, -0.1) is 0 Å². The van der Waals surface area contributed by atoms with E-state index in [0.717, 1.165) is 0 Å². The van der Waals surface area contributed by atoms with Gasteiger partial charge < -0.3 is 31.1 Å². The number of aliphatic hydroxyl groups is 2. The van der Waals surface area contributed by atoms with Gasteiger partial charge in [0.2, 0.25) is 11.7 Å². The molecule has 0 radical (unpaired) electrons. The largest absolute Gasteiger partial charge is 0.480 e. The second-order valence-corrected chi connectivity index (χ2v) is 5.35. The Hall–Kier alpha value is -2.37. The van der Waals surface area contributed by atoms with Gasteiger partial charge in [0.1, 0.15) is 18.7 Å². The Balaban J connectivity index is 2.64. The highest BCUT2D eigenvalue weighted by molar-refractivity contribution is 6.68. The maximum absolute atomic E-state index is 11.8. The third-order valence-electron chi connectivity index (χ3n) is 3.42. The van der Waals surface area contributed by atoms with E-state index in [1.165, 1.54) is 0 Å². The molecule has 0 saturated carbocycles. The number of ether oxygens (including phenoxy) is 1. The van der Waals surface area contributed by atoms with E-state index in [9.17, 15) is 24.3 Å². The predicted molar refractivity (Wildman–Crippen MR) is 82.8 cm³/mol. The molecule has 0 bridgehead atoms. The van der Waals surface area contributed by atoms with Crippen molar-refractivity contribution in [3.63, 3.8) is 0 Å². The minimum absolute atomic E-state index is 0.181. The average Bonchev–Trinajstić information content (AvgIpc) is 2.85. The van der Waals surface area contributed by atoms with Gasteiger partial charge >= 0.3 is 11.9 Å². The Morgan fingerprint density at radius 3 is 2.56 bits per heavy atom. The van der Waals surface area contributed by atoms with Crippen LogP contribution in [0.5, 0.6) is 0 Å². The van der Waals surface area contributed by atoms with E-state index in [4.69, 9.17) is 15.9 Å². The van der Waals surface area contributed by atoms with Gasteiger partial charge in [0.05, 0.1) is 6.61 Å². The summed E-state index contributed by atoms with van der Waals surface area (Å²) in [6.07, 6.45) is -1.86. The molecule has 0 aliphatic carbocycles. The number of carbonyl (C=O) groups is 4. The summed E-state index contributed by atoms with van der Waals surface area (Å²) < 4.78 is 4.59. The molecule has 1 heterocycles. The number of aliphatic hydroxyl groups excluding tert-OH is 2. The number of nitrogens with one attached hydrogen (secondary N) is 1. The zero-order chi connectivity index (χ0) is 19.0. The minimum atomic E-state index is -1.59. The van der Waals surface area contributed by atoms with Crippen molar-refractivity contribution in [3.8, 4) is 0 Å². The van der Waals surface area contributed by atoms with E-state index in [2.05, 4.69) is 15.0 Å². The van der Waals surface area contributed by atoms with Crippen LogP contribution in [0.15, 0.2) is 4.99 Å². The highest BCUT2D eigenvalue weighted by Gasteiger charge is 2.44. The van der Waals surface area contributed by atoms with E-state index in [1.54, 1.807) is 0 Å². The lowest BCUT2D eigenvalue weighted by Gasteiger charge is -2.13. The molecule has 11 nitrogen and oxygen atoms in total. The van der Waals surface area contributed by atoms with Crippen molar-refractivity contribution >= 4 is 29.3 Å². The molecule has 1 aliphatic heterocycles. The summed E-state index contributed by atoms with van der Waals surface area (Å²) in [6, 6.07) is -1.13. The summed E-state index contributed by atoms with van der Waals surface area (Å²) in [6.45, 7) is -1.04. The van der Waals surface area contributed by atoms with Crippen molar-refractivity contribution in [1.82, 2.24) is 5.32 Å². The smallest absolute Gasteiger partial charge is 0.361 e. The molecule has 6 N–H and O–H groups in total. The zero-order valence-electron chi connectivity index (χ0n) is 13.4. The first kappa shape index (κ1) is 20.7. The lowest BCUT2D eigenvalue weighted by atomic mass is 10.1. The molecule has 1 amide bonds. The molecule has 1 saturated heterocycles. The molecular formula is C14H21N3O8.